The van der Waals surface area contributed by atoms with E-state index in [0.29, 0.717) is 0 Å². The summed E-state index contributed by atoms with van der Waals surface area (Å²) in [5, 5.41) is 7.83. The summed E-state index contributed by atoms with van der Waals surface area (Å²) >= 11 is 3.02. The normalized spacial score (nSPS) is 11.5. The third-order valence-corrected chi connectivity index (χ3v) is 4.48. The molecule has 0 unspecified atom stereocenters. The number of carbonyl (C=O) groups is 1. The lowest BCUT2D eigenvalue weighted by atomic mass is 10.1. The molecule has 0 aliphatic heterocycles. The van der Waals surface area contributed by atoms with E-state index >= 15 is 0 Å². The van der Waals surface area contributed by atoms with Crippen molar-refractivity contribution in [3.63, 3.8) is 0 Å². The highest BCUT2D eigenvalue weighted by atomic mass is 32.1. The molecule has 1 amide bonds. The van der Waals surface area contributed by atoms with Crippen molar-refractivity contribution >= 4 is 28.6 Å². The Labute approximate surface area is 109 Å². The van der Waals surface area contributed by atoms with Crippen LogP contribution in [0.25, 0.3) is 0 Å². The Hall–Kier alpha value is -1.20. The van der Waals surface area contributed by atoms with Crippen molar-refractivity contribution in [2.75, 3.05) is 0 Å². The van der Waals surface area contributed by atoms with Gasteiger partial charge in [-0.2, -0.15) is 0 Å². The van der Waals surface area contributed by atoms with Gasteiger partial charge in [0, 0.05) is 11.1 Å². The van der Waals surface area contributed by atoms with Crippen molar-refractivity contribution in [1.82, 2.24) is 10.3 Å². The number of thiophene rings is 1. The number of aromatic nitrogens is 1. The number of thiazole rings is 1. The van der Waals surface area contributed by atoms with E-state index < -0.39 is 5.54 Å². The number of nitrogens with one attached hydrogen (secondary N) is 1. The van der Waals surface area contributed by atoms with Crippen LogP contribution in [0.1, 0.15) is 34.2 Å². The summed E-state index contributed by atoms with van der Waals surface area (Å²) in [5.41, 5.74) is 0.559. The summed E-state index contributed by atoms with van der Waals surface area (Å²) in [4.78, 5) is 17.1. The largest absolute Gasteiger partial charge is 0.340 e. The Morgan fingerprint density at radius 2 is 2.18 bits per heavy atom. The van der Waals surface area contributed by atoms with Crippen LogP contribution in [0.5, 0.6) is 0 Å². The first-order chi connectivity index (χ1) is 7.99. The van der Waals surface area contributed by atoms with Crippen LogP contribution in [0.3, 0.4) is 0 Å². The van der Waals surface area contributed by atoms with E-state index in [-0.39, 0.29) is 5.91 Å². The van der Waals surface area contributed by atoms with Crippen LogP contribution in [0.4, 0.5) is 0 Å². The third kappa shape index (κ3) is 2.73. The number of hydrogen-bond donors (Lipinski definition) is 1. The summed E-state index contributed by atoms with van der Waals surface area (Å²) in [7, 11) is 0. The predicted molar refractivity (Wildman–Crippen MR) is 71.7 cm³/mol. The number of nitrogens with zero attached hydrogens (tertiary/aromatic N) is 1. The van der Waals surface area contributed by atoms with Crippen LogP contribution in [0.15, 0.2) is 22.9 Å². The average molecular weight is 266 g/mol. The van der Waals surface area contributed by atoms with Gasteiger partial charge in [-0.3, -0.25) is 4.79 Å². The highest BCUT2D eigenvalue weighted by molar-refractivity contribution is 7.12. The fourth-order valence-corrected chi connectivity index (χ4v) is 2.94. The van der Waals surface area contributed by atoms with Crippen molar-refractivity contribution < 1.29 is 4.79 Å². The Kier molecular flexibility index (Phi) is 3.31. The Bertz CT molecular complexity index is 514. The Morgan fingerprint density at radius 3 is 2.71 bits per heavy atom. The maximum atomic E-state index is 12.0. The van der Waals surface area contributed by atoms with Crippen LogP contribution in [-0.4, -0.2) is 10.9 Å². The molecule has 3 nitrogen and oxygen atoms in total. The molecule has 5 heteroatoms. The van der Waals surface area contributed by atoms with Crippen LogP contribution in [0.2, 0.25) is 0 Å². The molecule has 0 saturated heterocycles. The fourth-order valence-electron chi connectivity index (χ4n) is 1.45. The van der Waals surface area contributed by atoms with E-state index in [9.17, 15) is 4.79 Å². The quantitative estimate of drug-likeness (QED) is 0.927. The van der Waals surface area contributed by atoms with Gasteiger partial charge >= 0.3 is 0 Å². The molecule has 0 atom stereocenters. The molecule has 0 radical (unpaired) electrons. The van der Waals surface area contributed by atoms with E-state index in [1.807, 2.05) is 43.7 Å². The van der Waals surface area contributed by atoms with E-state index in [1.54, 1.807) is 11.3 Å². The second-order valence-corrected chi connectivity index (χ2v) is 6.16. The van der Waals surface area contributed by atoms with Crippen LogP contribution >= 0.6 is 22.7 Å². The number of amides is 1. The van der Waals surface area contributed by atoms with E-state index in [0.717, 1.165) is 15.6 Å². The standard InChI is InChI=1S/C12H14N2OS2/c1-8-7-17-11(13-8)12(2,3)14-10(15)9-5-4-6-16-9/h4-7H,1-3H3,(H,14,15). The molecule has 0 saturated carbocycles. The molecule has 0 fully saturated rings. The Balaban J connectivity index is 2.15. The lowest BCUT2D eigenvalue weighted by Gasteiger charge is -2.23. The van der Waals surface area contributed by atoms with Crippen molar-refractivity contribution in [2.45, 2.75) is 26.3 Å². The third-order valence-electron chi connectivity index (χ3n) is 2.32. The summed E-state index contributed by atoms with van der Waals surface area (Å²) in [6.07, 6.45) is 0. The molecular weight excluding hydrogens is 252 g/mol. The van der Waals surface area contributed by atoms with Gasteiger partial charge in [-0.15, -0.1) is 22.7 Å². The second kappa shape index (κ2) is 4.58. The molecule has 0 aromatic carbocycles. The van der Waals surface area contributed by atoms with Crippen LogP contribution in [0, 0.1) is 6.92 Å². The molecule has 1 N–H and O–H groups in total. The topological polar surface area (TPSA) is 42.0 Å². The molecule has 0 bridgehead atoms. The number of hydrogen-bond acceptors (Lipinski definition) is 4. The highest BCUT2D eigenvalue weighted by Gasteiger charge is 2.26. The van der Waals surface area contributed by atoms with Gasteiger partial charge in [-0.1, -0.05) is 6.07 Å². The minimum atomic E-state index is -0.431. The zero-order chi connectivity index (χ0) is 12.5. The molecule has 2 aromatic heterocycles. The van der Waals surface area contributed by atoms with Crippen molar-refractivity contribution in [1.29, 1.82) is 0 Å². The summed E-state index contributed by atoms with van der Waals surface area (Å²) in [6, 6.07) is 3.70. The Morgan fingerprint density at radius 1 is 1.41 bits per heavy atom. The van der Waals surface area contributed by atoms with Gasteiger partial charge in [-0.25, -0.2) is 4.98 Å². The first-order valence-corrected chi connectivity index (χ1v) is 7.03. The molecule has 2 heterocycles. The maximum Gasteiger partial charge on any atom is 0.262 e. The second-order valence-electron chi connectivity index (χ2n) is 4.35. The zero-order valence-corrected chi connectivity index (χ0v) is 11.6. The van der Waals surface area contributed by atoms with E-state index in [2.05, 4.69) is 10.3 Å². The summed E-state index contributed by atoms with van der Waals surface area (Å²) < 4.78 is 0. The zero-order valence-electron chi connectivity index (χ0n) is 9.98. The molecule has 90 valence electrons. The molecular formula is C12H14N2OS2. The molecule has 2 rings (SSSR count). The van der Waals surface area contributed by atoms with Crippen LogP contribution < -0.4 is 5.32 Å². The number of aryl methyl sites for hydroxylation is 1. The lowest BCUT2D eigenvalue weighted by Crippen LogP contribution is -2.40. The predicted octanol–water partition coefficient (Wildman–Crippen LogP) is 3.18. The van der Waals surface area contributed by atoms with Crippen LogP contribution in [-0.2, 0) is 5.54 Å². The van der Waals surface area contributed by atoms with Gasteiger partial charge in [0.05, 0.1) is 10.4 Å². The van der Waals surface area contributed by atoms with Gasteiger partial charge in [-0.05, 0) is 32.2 Å². The minimum Gasteiger partial charge on any atom is -0.340 e. The van der Waals surface area contributed by atoms with Crippen molar-refractivity contribution in [2.24, 2.45) is 0 Å². The monoisotopic (exact) mass is 266 g/mol. The van der Waals surface area contributed by atoms with E-state index in [4.69, 9.17) is 0 Å². The average Bonchev–Trinajstić information content (AvgIpc) is 2.86. The highest BCUT2D eigenvalue weighted by Crippen LogP contribution is 2.24. The molecule has 0 spiro atoms. The van der Waals surface area contributed by atoms with Gasteiger partial charge in [0.1, 0.15) is 5.01 Å². The SMILES string of the molecule is Cc1csc(C(C)(C)NC(=O)c2cccs2)n1. The van der Waals surface area contributed by atoms with Gasteiger partial charge in [0.25, 0.3) is 5.91 Å². The molecule has 2 aromatic rings. The minimum absolute atomic E-state index is 0.0437. The van der Waals surface area contributed by atoms with Gasteiger partial charge in [0.15, 0.2) is 0 Å². The summed E-state index contributed by atoms with van der Waals surface area (Å²) in [6.45, 7) is 5.89. The van der Waals surface area contributed by atoms with Gasteiger partial charge < -0.3 is 5.32 Å². The summed E-state index contributed by atoms with van der Waals surface area (Å²) in [5.74, 6) is -0.0437. The number of carbonyl (C=O) groups excluding carboxylic acids is 1. The van der Waals surface area contributed by atoms with Crippen molar-refractivity contribution in [3.8, 4) is 0 Å². The maximum absolute atomic E-state index is 12.0. The van der Waals surface area contributed by atoms with Crippen molar-refractivity contribution in [3.05, 3.63) is 38.5 Å². The fraction of sp³-hybridized carbons (Fsp3) is 0.333. The first kappa shape index (κ1) is 12.3. The molecule has 17 heavy (non-hydrogen) atoms. The lowest BCUT2D eigenvalue weighted by molar-refractivity contribution is 0.0916. The molecule has 0 aliphatic carbocycles. The smallest absolute Gasteiger partial charge is 0.262 e. The first-order valence-electron chi connectivity index (χ1n) is 5.28. The number of rotatable bonds is 3. The molecule has 0 aliphatic rings. The van der Waals surface area contributed by atoms with E-state index in [1.165, 1.54) is 11.3 Å². The van der Waals surface area contributed by atoms with Gasteiger partial charge in [0.2, 0.25) is 0 Å².